The maximum absolute atomic E-state index is 12.9. The fraction of sp³-hybridized carbons (Fsp3) is 0.455. The summed E-state index contributed by atoms with van der Waals surface area (Å²) in [5, 5.41) is 3.08. The number of piperazine rings is 1. The monoisotopic (exact) mass is 292 g/mol. The minimum absolute atomic E-state index is 0.0420. The number of hydrogen-bond acceptors (Lipinski definition) is 3. The molecule has 1 N–H and O–H groups in total. The molecule has 1 aromatic rings. The van der Waals surface area contributed by atoms with Crippen LogP contribution in [0, 0.1) is 5.82 Å². The van der Waals surface area contributed by atoms with Crippen LogP contribution in [0.4, 0.5) is 4.39 Å². The summed E-state index contributed by atoms with van der Waals surface area (Å²) in [6, 6.07) is 3.41. The van der Waals surface area contributed by atoms with Crippen molar-refractivity contribution < 1.29 is 12.8 Å². The summed E-state index contributed by atoms with van der Waals surface area (Å²) in [4.78, 5) is -0.0420. The smallest absolute Gasteiger partial charge is 0.244 e. The lowest BCUT2D eigenvalue weighted by Crippen LogP contribution is -2.51. The normalized spacial score (nSPS) is 22.1. The SMILES string of the molecule is C[C@H]1CN(S(=O)(=O)c2ccc(F)cc2Cl)CCN1. The highest BCUT2D eigenvalue weighted by Crippen LogP contribution is 2.25. The lowest BCUT2D eigenvalue weighted by molar-refractivity contribution is 0.310. The molecule has 18 heavy (non-hydrogen) atoms. The molecule has 0 aromatic heterocycles. The van der Waals surface area contributed by atoms with Crippen molar-refractivity contribution >= 4 is 21.6 Å². The molecule has 1 saturated heterocycles. The second-order valence-corrected chi connectivity index (χ2v) is 6.61. The van der Waals surface area contributed by atoms with Crippen molar-refractivity contribution in [2.75, 3.05) is 19.6 Å². The number of nitrogens with one attached hydrogen (secondary N) is 1. The Hall–Kier alpha value is -0.690. The van der Waals surface area contributed by atoms with E-state index in [0.29, 0.717) is 19.6 Å². The maximum Gasteiger partial charge on any atom is 0.244 e. The van der Waals surface area contributed by atoms with Crippen LogP contribution >= 0.6 is 11.6 Å². The van der Waals surface area contributed by atoms with Gasteiger partial charge in [0.05, 0.1) is 5.02 Å². The van der Waals surface area contributed by atoms with Crippen LogP contribution in [0.25, 0.3) is 0 Å². The van der Waals surface area contributed by atoms with E-state index < -0.39 is 15.8 Å². The Morgan fingerprint density at radius 2 is 2.22 bits per heavy atom. The minimum Gasteiger partial charge on any atom is -0.312 e. The van der Waals surface area contributed by atoms with Crippen molar-refractivity contribution in [2.24, 2.45) is 0 Å². The second kappa shape index (κ2) is 5.13. The molecule has 1 fully saturated rings. The molecule has 0 amide bonds. The minimum atomic E-state index is -3.65. The first kappa shape index (κ1) is 13.7. The maximum atomic E-state index is 12.9. The fourth-order valence-corrected chi connectivity index (χ4v) is 3.97. The van der Waals surface area contributed by atoms with E-state index in [9.17, 15) is 12.8 Å². The van der Waals surface area contributed by atoms with Crippen LogP contribution in [-0.2, 0) is 10.0 Å². The zero-order chi connectivity index (χ0) is 13.3. The number of nitrogens with zero attached hydrogens (tertiary/aromatic N) is 1. The lowest BCUT2D eigenvalue weighted by atomic mass is 10.3. The Morgan fingerprint density at radius 3 is 2.83 bits per heavy atom. The topological polar surface area (TPSA) is 49.4 Å². The van der Waals surface area contributed by atoms with Crippen LogP contribution in [0.2, 0.25) is 5.02 Å². The van der Waals surface area contributed by atoms with E-state index in [-0.39, 0.29) is 16.0 Å². The molecule has 1 heterocycles. The van der Waals surface area contributed by atoms with Gasteiger partial charge in [0.2, 0.25) is 10.0 Å². The molecular formula is C11H14ClFN2O2S. The molecule has 1 aliphatic rings. The molecule has 2 rings (SSSR count). The predicted octanol–water partition coefficient (Wildman–Crippen LogP) is 1.46. The molecule has 1 atom stereocenters. The first-order valence-corrected chi connectivity index (χ1v) is 7.41. The Kier molecular flexibility index (Phi) is 3.91. The van der Waals surface area contributed by atoms with Crippen LogP contribution in [0.1, 0.15) is 6.92 Å². The van der Waals surface area contributed by atoms with E-state index in [1.807, 2.05) is 6.92 Å². The van der Waals surface area contributed by atoms with Crippen molar-refractivity contribution in [3.8, 4) is 0 Å². The van der Waals surface area contributed by atoms with E-state index in [2.05, 4.69) is 5.32 Å². The van der Waals surface area contributed by atoms with Gasteiger partial charge in [0.15, 0.2) is 0 Å². The highest BCUT2D eigenvalue weighted by Gasteiger charge is 2.30. The van der Waals surface area contributed by atoms with Gasteiger partial charge in [0, 0.05) is 25.7 Å². The number of benzene rings is 1. The van der Waals surface area contributed by atoms with Gasteiger partial charge >= 0.3 is 0 Å². The summed E-state index contributed by atoms with van der Waals surface area (Å²) in [6.45, 7) is 3.28. The molecular weight excluding hydrogens is 279 g/mol. The number of hydrogen-bond donors (Lipinski definition) is 1. The van der Waals surface area contributed by atoms with Crippen molar-refractivity contribution in [1.82, 2.24) is 9.62 Å². The largest absolute Gasteiger partial charge is 0.312 e. The molecule has 0 aliphatic carbocycles. The molecule has 0 unspecified atom stereocenters. The fourth-order valence-electron chi connectivity index (χ4n) is 1.94. The van der Waals surface area contributed by atoms with Gasteiger partial charge in [-0.1, -0.05) is 11.6 Å². The van der Waals surface area contributed by atoms with Gasteiger partial charge in [-0.05, 0) is 25.1 Å². The van der Waals surface area contributed by atoms with Gasteiger partial charge in [-0.2, -0.15) is 4.31 Å². The zero-order valence-electron chi connectivity index (χ0n) is 9.86. The van der Waals surface area contributed by atoms with Gasteiger partial charge in [-0.3, -0.25) is 0 Å². The average molecular weight is 293 g/mol. The van der Waals surface area contributed by atoms with Gasteiger partial charge in [0.25, 0.3) is 0 Å². The summed E-state index contributed by atoms with van der Waals surface area (Å²) < 4.78 is 39.0. The first-order chi connectivity index (χ1) is 8.41. The van der Waals surface area contributed by atoms with Crippen LogP contribution in [0.3, 0.4) is 0 Å². The number of halogens is 2. The number of sulfonamides is 1. The van der Waals surface area contributed by atoms with Crippen LogP contribution in [0.5, 0.6) is 0 Å². The lowest BCUT2D eigenvalue weighted by Gasteiger charge is -2.31. The van der Waals surface area contributed by atoms with E-state index in [1.165, 1.54) is 10.4 Å². The summed E-state index contributed by atoms with van der Waals surface area (Å²) in [5.74, 6) is -0.548. The molecule has 1 aromatic carbocycles. The molecule has 100 valence electrons. The van der Waals surface area contributed by atoms with Crippen molar-refractivity contribution in [1.29, 1.82) is 0 Å². The third kappa shape index (κ3) is 2.66. The van der Waals surface area contributed by atoms with Crippen LogP contribution in [0.15, 0.2) is 23.1 Å². The van der Waals surface area contributed by atoms with Gasteiger partial charge in [-0.25, -0.2) is 12.8 Å². The molecule has 7 heteroatoms. The van der Waals surface area contributed by atoms with E-state index in [1.54, 1.807) is 0 Å². The summed E-state index contributed by atoms with van der Waals surface area (Å²) in [5.41, 5.74) is 0. The molecule has 0 radical (unpaired) electrons. The Bertz CT molecular complexity index is 550. The summed E-state index contributed by atoms with van der Waals surface area (Å²) >= 11 is 5.81. The van der Waals surface area contributed by atoms with Crippen LogP contribution in [-0.4, -0.2) is 38.4 Å². The van der Waals surface area contributed by atoms with E-state index in [0.717, 1.165) is 12.1 Å². The van der Waals surface area contributed by atoms with E-state index >= 15 is 0 Å². The Labute approximate surface area is 111 Å². The second-order valence-electron chi connectivity index (χ2n) is 4.29. The van der Waals surface area contributed by atoms with Crippen LogP contribution < -0.4 is 5.32 Å². The first-order valence-electron chi connectivity index (χ1n) is 5.60. The Balaban J connectivity index is 2.35. The van der Waals surface area contributed by atoms with Gasteiger partial charge in [-0.15, -0.1) is 0 Å². The molecule has 0 spiro atoms. The average Bonchev–Trinajstić information content (AvgIpc) is 2.28. The van der Waals surface area contributed by atoms with Crippen molar-refractivity contribution in [2.45, 2.75) is 17.9 Å². The molecule has 4 nitrogen and oxygen atoms in total. The summed E-state index contributed by atoms with van der Waals surface area (Å²) in [7, 11) is -3.65. The zero-order valence-corrected chi connectivity index (χ0v) is 11.4. The quantitative estimate of drug-likeness (QED) is 0.898. The third-order valence-electron chi connectivity index (χ3n) is 2.84. The highest BCUT2D eigenvalue weighted by atomic mass is 35.5. The highest BCUT2D eigenvalue weighted by molar-refractivity contribution is 7.89. The standard InChI is InChI=1S/C11H14ClFN2O2S/c1-8-7-15(5-4-14-8)18(16,17)11-3-2-9(13)6-10(11)12/h2-3,6,8,14H,4-5,7H2,1H3/t8-/m0/s1. The summed E-state index contributed by atoms with van der Waals surface area (Å²) in [6.07, 6.45) is 0. The van der Waals surface area contributed by atoms with Gasteiger partial charge < -0.3 is 5.32 Å². The Morgan fingerprint density at radius 1 is 1.50 bits per heavy atom. The third-order valence-corrected chi connectivity index (χ3v) is 5.19. The van der Waals surface area contributed by atoms with Crippen molar-refractivity contribution in [3.05, 3.63) is 29.0 Å². The van der Waals surface area contributed by atoms with Gasteiger partial charge in [0.1, 0.15) is 10.7 Å². The molecule has 1 aliphatic heterocycles. The predicted molar refractivity (Wildman–Crippen MR) is 67.6 cm³/mol. The van der Waals surface area contributed by atoms with Crippen molar-refractivity contribution in [3.63, 3.8) is 0 Å². The molecule has 0 saturated carbocycles. The molecule has 0 bridgehead atoms. The number of rotatable bonds is 2. The van der Waals surface area contributed by atoms with E-state index in [4.69, 9.17) is 11.6 Å².